The molecule has 0 spiro atoms. The Bertz CT molecular complexity index is 829. The summed E-state index contributed by atoms with van der Waals surface area (Å²) in [5, 5.41) is 11.1. The van der Waals surface area contributed by atoms with Gasteiger partial charge in [-0.1, -0.05) is 23.2 Å². The van der Waals surface area contributed by atoms with Gasteiger partial charge in [-0.25, -0.2) is 4.42 Å². The first kappa shape index (κ1) is 14.9. The van der Waals surface area contributed by atoms with Gasteiger partial charge in [-0.2, -0.15) is 0 Å². The van der Waals surface area contributed by atoms with Crippen LogP contribution >= 0.6 is 23.2 Å². The number of phenolic OH excluding ortho intramolecular Hbond substituents is 1. The van der Waals surface area contributed by atoms with Gasteiger partial charge in [0.1, 0.15) is 21.9 Å². The molecule has 5 heteroatoms. The van der Waals surface area contributed by atoms with Gasteiger partial charge in [0.05, 0.1) is 18.2 Å². The van der Waals surface area contributed by atoms with Crippen LogP contribution < -0.4 is 4.74 Å². The Balaban J connectivity index is 2.26. The van der Waals surface area contributed by atoms with Crippen LogP contribution in [0, 0.1) is 0 Å². The van der Waals surface area contributed by atoms with Crippen molar-refractivity contribution in [1.29, 1.82) is 0 Å². The highest BCUT2D eigenvalue weighted by Crippen LogP contribution is 2.38. The summed E-state index contributed by atoms with van der Waals surface area (Å²) in [5.41, 5.74) is 1.33. The normalized spacial score (nSPS) is 10.9. The molecule has 0 aliphatic rings. The second-order valence-corrected chi connectivity index (χ2v) is 5.56. The zero-order valence-electron chi connectivity index (χ0n) is 11.8. The van der Waals surface area contributed by atoms with E-state index in [9.17, 15) is 5.11 Å². The van der Waals surface area contributed by atoms with Crippen molar-refractivity contribution in [3.05, 3.63) is 52.5 Å². The minimum atomic E-state index is 0.194. The van der Waals surface area contributed by atoms with Gasteiger partial charge in [-0.3, -0.25) is 0 Å². The van der Waals surface area contributed by atoms with Crippen LogP contribution in [-0.2, 0) is 0 Å². The van der Waals surface area contributed by atoms with E-state index in [-0.39, 0.29) is 5.75 Å². The van der Waals surface area contributed by atoms with Crippen molar-refractivity contribution < 1.29 is 14.3 Å². The van der Waals surface area contributed by atoms with Crippen molar-refractivity contribution in [2.75, 3.05) is 6.61 Å². The van der Waals surface area contributed by atoms with Crippen LogP contribution in [0.4, 0.5) is 0 Å². The molecule has 0 aliphatic carbocycles. The molecule has 0 atom stereocenters. The number of phenols is 1. The number of ether oxygens (including phenoxy) is 1. The molecule has 1 N–H and O–H groups in total. The smallest absolute Gasteiger partial charge is 0.383 e. The summed E-state index contributed by atoms with van der Waals surface area (Å²) in [5.74, 6) is 1.44. The Hall–Kier alpha value is -1.97. The minimum absolute atomic E-state index is 0.194. The number of benzene rings is 2. The molecular weight excluding hydrogens is 323 g/mol. The maximum absolute atomic E-state index is 9.40. The van der Waals surface area contributed by atoms with Crippen LogP contribution in [0.5, 0.6) is 11.5 Å². The number of aromatic hydroxyl groups is 1. The topological polar surface area (TPSA) is 40.8 Å². The molecular formula is C17H13Cl2O3+. The largest absolute Gasteiger partial charge is 0.508 e. The average Bonchev–Trinajstić information content (AvgIpc) is 2.49. The molecule has 3 aromatic rings. The fourth-order valence-corrected chi connectivity index (χ4v) is 2.76. The SMILES string of the molecule is CCOc1cc(-c2ccc(O)cc2)[o+]c2c(Cl)cc(Cl)cc12. The number of fused-ring (bicyclic) bond motifs is 1. The molecule has 2 aromatic carbocycles. The Labute approximate surface area is 137 Å². The summed E-state index contributed by atoms with van der Waals surface area (Å²) in [7, 11) is 0. The number of rotatable bonds is 3. The lowest BCUT2D eigenvalue weighted by molar-refractivity contribution is 0.342. The van der Waals surface area contributed by atoms with E-state index in [4.69, 9.17) is 32.4 Å². The average molecular weight is 336 g/mol. The van der Waals surface area contributed by atoms with Crippen molar-refractivity contribution >= 4 is 34.2 Å². The van der Waals surface area contributed by atoms with E-state index in [1.807, 2.05) is 6.92 Å². The van der Waals surface area contributed by atoms with E-state index in [2.05, 4.69) is 0 Å². The van der Waals surface area contributed by atoms with Gasteiger partial charge in [0.25, 0.3) is 0 Å². The van der Waals surface area contributed by atoms with E-state index >= 15 is 0 Å². The fourth-order valence-electron chi connectivity index (χ4n) is 2.23. The Kier molecular flexibility index (Phi) is 4.10. The molecule has 0 bridgehead atoms. The van der Waals surface area contributed by atoms with Gasteiger partial charge in [0.15, 0.2) is 0 Å². The zero-order chi connectivity index (χ0) is 15.7. The van der Waals surface area contributed by atoms with Crippen molar-refractivity contribution in [1.82, 2.24) is 0 Å². The molecule has 3 nitrogen and oxygen atoms in total. The lowest BCUT2D eigenvalue weighted by Gasteiger charge is -2.05. The van der Waals surface area contributed by atoms with E-state index in [0.29, 0.717) is 33.7 Å². The second kappa shape index (κ2) is 6.03. The first-order chi connectivity index (χ1) is 10.6. The third kappa shape index (κ3) is 2.82. The molecule has 0 unspecified atom stereocenters. The fraction of sp³-hybridized carbons (Fsp3) is 0.118. The van der Waals surface area contributed by atoms with Gasteiger partial charge in [0, 0.05) is 5.02 Å². The van der Waals surface area contributed by atoms with E-state index < -0.39 is 0 Å². The molecule has 0 saturated heterocycles. The monoisotopic (exact) mass is 335 g/mol. The van der Waals surface area contributed by atoms with E-state index in [1.54, 1.807) is 42.5 Å². The summed E-state index contributed by atoms with van der Waals surface area (Å²) in [6, 6.07) is 11.9. The van der Waals surface area contributed by atoms with Crippen LogP contribution in [0.1, 0.15) is 6.92 Å². The van der Waals surface area contributed by atoms with Gasteiger partial charge >= 0.3 is 11.3 Å². The number of hydrogen-bond acceptors (Lipinski definition) is 2. The highest BCUT2D eigenvalue weighted by molar-refractivity contribution is 6.38. The van der Waals surface area contributed by atoms with E-state index in [0.717, 1.165) is 10.9 Å². The molecule has 22 heavy (non-hydrogen) atoms. The molecule has 1 heterocycles. The molecule has 0 fully saturated rings. The number of halogens is 2. The Morgan fingerprint density at radius 2 is 1.82 bits per heavy atom. The summed E-state index contributed by atoms with van der Waals surface area (Å²) in [4.78, 5) is 0. The minimum Gasteiger partial charge on any atom is -0.508 e. The molecule has 0 amide bonds. The lowest BCUT2D eigenvalue weighted by Crippen LogP contribution is -1.94. The zero-order valence-corrected chi connectivity index (χ0v) is 13.3. The maximum atomic E-state index is 9.40. The summed E-state index contributed by atoms with van der Waals surface area (Å²) >= 11 is 12.3. The lowest BCUT2D eigenvalue weighted by atomic mass is 10.1. The van der Waals surface area contributed by atoms with Crippen molar-refractivity contribution in [2.24, 2.45) is 0 Å². The van der Waals surface area contributed by atoms with Crippen molar-refractivity contribution in [2.45, 2.75) is 6.92 Å². The van der Waals surface area contributed by atoms with Crippen LogP contribution in [0.3, 0.4) is 0 Å². The molecule has 0 saturated carbocycles. The maximum Gasteiger partial charge on any atom is 0.383 e. The summed E-state index contributed by atoms with van der Waals surface area (Å²) < 4.78 is 11.6. The van der Waals surface area contributed by atoms with Crippen LogP contribution in [0.2, 0.25) is 10.0 Å². The van der Waals surface area contributed by atoms with Crippen molar-refractivity contribution in [3.8, 4) is 22.8 Å². The second-order valence-electron chi connectivity index (χ2n) is 4.72. The third-order valence-corrected chi connectivity index (χ3v) is 3.70. The van der Waals surface area contributed by atoms with Crippen LogP contribution in [0.25, 0.3) is 22.3 Å². The Morgan fingerprint density at radius 3 is 2.50 bits per heavy atom. The van der Waals surface area contributed by atoms with E-state index in [1.165, 1.54) is 0 Å². The van der Waals surface area contributed by atoms with Crippen LogP contribution in [-0.4, -0.2) is 11.7 Å². The molecule has 0 aliphatic heterocycles. The van der Waals surface area contributed by atoms with Gasteiger partial charge in [-0.05, 0) is 43.3 Å². The highest BCUT2D eigenvalue weighted by Gasteiger charge is 2.23. The third-order valence-electron chi connectivity index (χ3n) is 3.20. The first-order valence-corrected chi connectivity index (χ1v) is 7.52. The molecule has 1 aromatic heterocycles. The van der Waals surface area contributed by atoms with Crippen molar-refractivity contribution in [3.63, 3.8) is 0 Å². The quantitative estimate of drug-likeness (QED) is 0.615. The summed E-state index contributed by atoms with van der Waals surface area (Å²) in [6.07, 6.45) is 0. The molecule has 112 valence electrons. The van der Waals surface area contributed by atoms with Gasteiger partial charge < -0.3 is 9.84 Å². The first-order valence-electron chi connectivity index (χ1n) is 6.76. The predicted octanol–water partition coefficient (Wildman–Crippen LogP) is 5.79. The van der Waals surface area contributed by atoms with Gasteiger partial charge in [-0.15, -0.1) is 0 Å². The van der Waals surface area contributed by atoms with Gasteiger partial charge in [0.2, 0.25) is 0 Å². The Morgan fingerprint density at radius 1 is 1.09 bits per heavy atom. The summed E-state index contributed by atoms with van der Waals surface area (Å²) in [6.45, 7) is 2.42. The number of hydrogen-bond donors (Lipinski definition) is 1. The molecule has 3 rings (SSSR count). The molecule has 0 radical (unpaired) electrons. The predicted molar refractivity (Wildman–Crippen MR) is 88.9 cm³/mol. The highest BCUT2D eigenvalue weighted by atomic mass is 35.5. The standard InChI is InChI=1S/C17H12Cl2O3/c1-2-21-16-9-15(10-3-5-12(20)6-4-10)22-17-13(16)7-11(18)8-14(17)19/h3-9H,2H2,1H3/p+1. The van der Waals surface area contributed by atoms with Crippen LogP contribution in [0.15, 0.2) is 46.9 Å².